The van der Waals surface area contributed by atoms with E-state index < -0.39 is 18.1 Å². The molecule has 1 aliphatic heterocycles. The number of fused-ring (bicyclic) bond motifs is 1. The molecule has 0 aromatic carbocycles. The van der Waals surface area contributed by atoms with Crippen molar-refractivity contribution in [2.24, 2.45) is 11.8 Å². The van der Waals surface area contributed by atoms with Gasteiger partial charge in [0.25, 0.3) is 0 Å². The lowest BCUT2D eigenvalue weighted by molar-refractivity contribution is -0.146. The van der Waals surface area contributed by atoms with Gasteiger partial charge in [0.05, 0.1) is 6.61 Å². The molecular weight excluding hydrogens is 258 g/mol. The molecule has 1 saturated heterocycles. The largest absolute Gasteiger partial charge is 0.480 e. The number of likely N-dealkylation sites (tertiary alicyclic amines) is 1. The minimum atomic E-state index is -0.907. The number of amides is 1. The predicted octanol–water partition coefficient (Wildman–Crippen LogP) is 2.89. The van der Waals surface area contributed by atoms with Gasteiger partial charge < -0.3 is 9.84 Å². The van der Waals surface area contributed by atoms with Crippen molar-refractivity contribution in [3.8, 4) is 0 Å². The number of hydrogen-bond acceptors (Lipinski definition) is 3. The van der Waals surface area contributed by atoms with E-state index in [1.165, 1.54) is 11.3 Å². The van der Waals surface area contributed by atoms with Crippen molar-refractivity contribution in [3.63, 3.8) is 0 Å². The first-order valence-electron chi connectivity index (χ1n) is 7.68. The molecular formula is C15H25NO4. The van der Waals surface area contributed by atoms with Crippen LogP contribution in [-0.2, 0) is 9.53 Å². The summed E-state index contributed by atoms with van der Waals surface area (Å²) in [5, 5.41) is 9.38. The molecule has 1 N–H and O–H groups in total. The normalized spacial score (nSPS) is 29.9. The molecule has 0 radical (unpaired) electrons. The topological polar surface area (TPSA) is 66.8 Å². The van der Waals surface area contributed by atoms with Gasteiger partial charge in [-0.25, -0.2) is 9.59 Å². The van der Waals surface area contributed by atoms with Crippen LogP contribution in [0.4, 0.5) is 4.79 Å². The maximum absolute atomic E-state index is 12.3. The third kappa shape index (κ3) is 3.25. The molecule has 20 heavy (non-hydrogen) atoms. The molecule has 0 spiro atoms. The number of aliphatic carboxylic acids is 1. The van der Waals surface area contributed by atoms with Crippen molar-refractivity contribution in [2.45, 2.75) is 64.5 Å². The monoisotopic (exact) mass is 283 g/mol. The van der Waals surface area contributed by atoms with Crippen molar-refractivity contribution in [1.29, 1.82) is 0 Å². The first kappa shape index (κ1) is 15.1. The van der Waals surface area contributed by atoms with Crippen LogP contribution in [0.25, 0.3) is 0 Å². The molecule has 1 heterocycles. The summed E-state index contributed by atoms with van der Waals surface area (Å²) < 4.78 is 5.30. The van der Waals surface area contributed by atoms with E-state index >= 15 is 0 Å². The summed E-state index contributed by atoms with van der Waals surface area (Å²) in [7, 11) is 0. The van der Waals surface area contributed by atoms with Gasteiger partial charge in [-0.3, -0.25) is 4.90 Å². The van der Waals surface area contributed by atoms with Gasteiger partial charge in [0.15, 0.2) is 0 Å². The van der Waals surface area contributed by atoms with Crippen molar-refractivity contribution in [2.75, 3.05) is 6.61 Å². The molecule has 1 amide bonds. The van der Waals surface area contributed by atoms with Crippen molar-refractivity contribution >= 4 is 12.1 Å². The first-order valence-corrected chi connectivity index (χ1v) is 7.68. The predicted molar refractivity (Wildman–Crippen MR) is 74.4 cm³/mol. The maximum atomic E-state index is 12.3. The average Bonchev–Trinajstić information content (AvgIpc) is 2.43. The van der Waals surface area contributed by atoms with Crippen LogP contribution in [-0.4, -0.2) is 40.8 Å². The van der Waals surface area contributed by atoms with Gasteiger partial charge in [-0.1, -0.05) is 26.7 Å². The Bertz CT molecular complexity index is 369. The number of carbonyl (C=O) groups excluding carboxylic acids is 1. The van der Waals surface area contributed by atoms with Crippen LogP contribution < -0.4 is 0 Å². The Balaban J connectivity index is 2.12. The van der Waals surface area contributed by atoms with Gasteiger partial charge in [0.2, 0.25) is 0 Å². The second kappa shape index (κ2) is 6.46. The van der Waals surface area contributed by atoms with Gasteiger partial charge in [0.1, 0.15) is 6.04 Å². The first-order chi connectivity index (χ1) is 9.50. The summed E-state index contributed by atoms with van der Waals surface area (Å²) in [6.07, 6.45) is 5.29. The lowest BCUT2D eigenvalue weighted by Gasteiger charge is -2.46. The van der Waals surface area contributed by atoms with Crippen LogP contribution >= 0.6 is 0 Å². The number of piperidine rings is 1. The summed E-state index contributed by atoms with van der Waals surface area (Å²) in [5.74, 6) is -0.198. The second-order valence-corrected chi connectivity index (χ2v) is 6.42. The standard InChI is InChI=1S/C15H25NO4/c1-10(2)9-20-15(19)16-12-6-4-3-5-11(12)7-8-13(16)14(17)18/h10-13H,3-9H2,1-2H3,(H,17,18). The summed E-state index contributed by atoms with van der Waals surface area (Å²) in [6, 6.07) is -0.660. The fourth-order valence-corrected chi connectivity index (χ4v) is 3.45. The number of carbonyl (C=O) groups is 2. The molecule has 5 nitrogen and oxygen atoms in total. The summed E-state index contributed by atoms with van der Waals surface area (Å²) in [4.78, 5) is 25.3. The Morgan fingerprint density at radius 2 is 1.90 bits per heavy atom. The number of carboxylic acids is 1. The van der Waals surface area contributed by atoms with Crippen LogP contribution in [0.2, 0.25) is 0 Å². The highest BCUT2D eigenvalue weighted by Crippen LogP contribution is 2.38. The lowest BCUT2D eigenvalue weighted by Crippen LogP contribution is -2.57. The molecule has 3 atom stereocenters. The third-order valence-electron chi connectivity index (χ3n) is 4.41. The molecule has 3 unspecified atom stereocenters. The fraction of sp³-hybridized carbons (Fsp3) is 0.867. The summed E-state index contributed by atoms with van der Waals surface area (Å²) >= 11 is 0. The molecule has 0 aromatic heterocycles. The Kier molecular flexibility index (Phi) is 4.89. The summed E-state index contributed by atoms with van der Waals surface area (Å²) in [5.41, 5.74) is 0. The minimum Gasteiger partial charge on any atom is -0.480 e. The molecule has 114 valence electrons. The van der Waals surface area contributed by atoms with E-state index in [9.17, 15) is 14.7 Å². The molecule has 0 bridgehead atoms. The van der Waals surface area contributed by atoms with E-state index in [2.05, 4.69) is 0 Å². The van der Waals surface area contributed by atoms with Crippen molar-refractivity contribution in [1.82, 2.24) is 4.90 Å². The van der Waals surface area contributed by atoms with E-state index in [0.717, 1.165) is 25.7 Å². The molecule has 0 aromatic rings. The average molecular weight is 283 g/mol. The van der Waals surface area contributed by atoms with Gasteiger partial charge in [0, 0.05) is 6.04 Å². The zero-order valence-electron chi connectivity index (χ0n) is 12.4. The third-order valence-corrected chi connectivity index (χ3v) is 4.41. The lowest BCUT2D eigenvalue weighted by atomic mass is 9.76. The second-order valence-electron chi connectivity index (χ2n) is 6.42. The zero-order chi connectivity index (χ0) is 14.7. The van der Waals surface area contributed by atoms with Gasteiger partial charge in [-0.2, -0.15) is 0 Å². The van der Waals surface area contributed by atoms with E-state index in [-0.39, 0.29) is 12.0 Å². The van der Waals surface area contributed by atoms with Gasteiger partial charge in [-0.05, 0) is 37.5 Å². The van der Waals surface area contributed by atoms with E-state index in [1.807, 2.05) is 13.8 Å². The Morgan fingerprint density at radius 1 is 1.20 bits per heavy atom. The molecule has 2 rings (SSSR count). The smallest absolute Gasteiger partial charge is 0.410 e. The Hall–Kier alpha value is -1.26. The van der Waals surface area contributed by atoms with Crippen LogP contribution in [0.3, 0.4) is 0 Å². The molecule has 1 aliphatic carbocycles. The number of hydrogen-bond donors (Lipinski definition) is 1. The van der Waals surface area contributed by atoms with Crippen LogP contribution in [0.1, 0.15) is 52.4 Å². The van der Waals surface area contributed by atoms with Crippen molar-refractivity contribution in [3.05, 3.63) is 0 Å². The highest BCUT2D eigenvalue weighted by Gasteiger charge is 2.44. The summed E-state index contributed by atoms with van der Waals surface area (Å²) in [6.45, 7) is 4.29. The van der Waals surface area contributed by atoms with Crippen LogP contribution in [0.5, 0.6) is 0 Å². The Labute approximate surface area is 120 Å². The maximum Gasteiger partial charge on any atom is 0.410 e. The SMILES string of the molecule is CC(C)COC(=O)N1C(C(=O)O)CCC2CCCCC21. The number of ether oxygens (including phenoxy) is 1. The molecule has 1 saturated carbocycles. The Morgan fingerprint density at radius 3 is 2.55 bits per heavy atom. The molecule has 2 aliphatic rings. The van der Waals surface area contributed by atoms with E-state index in [4.69, 9.17) is 4.74 Å². The molecule has 2 fully saturated rings. The van der Waals surface area contributed by atoms with E-state index in [0.29, 0.717) is 18.9 Å². The number of rotatable bonds is 3. The quantitative estimate of drug-likeness (QED) is 0.864. The van der Waals surface area contributed by atoms with Crippen molar-refractivity contribution < 1.29 is 19.4 Å². The highest BCUT2D eigenvalue weighted by molar-refractivity contribution is 5.80. The zero-order valence-corrected chi connectivity index (χ0v) is 12.4. The van der Waals surface area contributed by atoms with Crippen LogP contribution in [0, 0.1) is 11.8 Å². The van der Waals surface area contributed by atoms with Gasteiger partial charge in [-0.15, -0.1) is 0 Å². The van der Waals surface area contributed by atoms with Gasteiger partial charge >= 0.3 is 12.1 Å². The number of carboxylic acid groups (broad SMARTS) is 1. The number of nitrogens with zero attached hydrogens (tertiary/aromatic N) is 1. The van der Waals surface area contributed by atoms with E-state index in [1.54, 1.807) is 0 Å². The fourth-order valence-electron chi connectivity index (χ4n) is 3.45. The highest BCUT2D eigenvalue weighted by atomic mass is 16.6. The molecule has 5 heteroatoms. The van der Waals surface area contributed by atoms with Crippen LogP contribution in [0.15, 0.2) is 0 Å². The minimum absolute atomic E-state index is 0.0539.